The second-order valence-corrected chi connectivity index (χ2v) is 5.09. The van der Waals surface area contributed by atoms with Crippen molar-refractivity contribution in [3.8, 4) is 0 Å². The van der Waals surface area contributed by atoms with E-state index < -0.39 is 0 Å². The van der Waals surface area contributed by atoms with Crippen LogP contribution in [0.25, 0.3) is 0 Å². The summed E-state index contributed by atoms with van der Waals surface area (Å²) in [6, 6.07) is 0. The summed E-state index contributed by atoms with van der Waals surface area (Å²) in [6.07, 6.45) is 3.88. The minimum Gasteiger partial charge on any atom is -0.378 e. The third-order valence-electron chi connectivity index (χ3n) is 3.02. The first kappa shape index (κ1) is 10.7. The van der Waals surface area contributed by atoms with Crippen molar-refractivity contribution in [2.24, 2.45) is 5.41 Å². The first-order valence-corrected chi connectivity index (χ1v) is 4.98. The van der Waals surface area contributed by atoms with E-state index in [1.165, 1.54) is 6.42 Å². The van der Waals surface area contributed by atoms with Gasteiger partial charge in [-0.25, -0.2) is 0 Å². The molecule has 1 fully saturated rings. The second-order valence-electron chi connectivity index (χ2n) is 5.09. The van der Waals surface area contributed by atoms with E-state index in [2.05, 4.69) is 0 Å². The minimum absolute atomic E-state index is 0.107. The Labute approximate surface area is 80.7 Å². The normalized spacial score (nSPS) is 20.9. The number of Topliss-reactive ketones (excluding diaryl/α,β-unsaturated/α-hetero) is 1. The van der Waals surface area contributed by atoms with E-state index in [-0.39, 0.29) is 11.0 Å². The molecule has 2 heteroatoms. The predicted molar refractivity (Wildman–Crippen MR) is 52.7 cm³/mol. The van der Waals surface area contributed by atoms with Gasteiger partial charge in [0.05, 0.1) is 5.60 Å². The molecule has 0 aromatic carbocycles. The van der Waals surface area contributed by atoms with Crippen LogP contribution in [0.5, 0.6) is 0 Å². The molecule has 13 heavy (non-hydrogen) atoms. The Morgan fingerprint density at radius 3 is 2.15 bits per heavy atom. The molecule has 0 spiro atoms. The maximum Gasteiger partial charge on any atom is 0.141 e. The molecule has 0 amide bonds. The van der Waals surface area contributed by atoms with Crippen LogP contribution in [-0.4, -0.2) is 18.5 Å². The maximum atomic E-state index is 11.8. The highest BCUT2D eigenvalue weighted by Crippen LogP contribution is 2.39. The molecule has 0 heterocycles. The highest BCUT2D eigenvalue weighted by molar-refractivity contribution is 5.84. The van der Waals surface area contributed by atoms with Gasteiger partial charge in [-0.1, -0.05) is 20.8 Å². The van der Waals surface area contributed by atoms with Gasteiger partial charge in [-0.05, 0) is 19.3 Å². The fourth-order valence-corrected chi connectivity index (χ4v) is 1.58. The van der Waals surface area contributed by atoms with E-state index in [1.807, 2.05) is 20.8 Å². The Bertz CT molecular complexity index is 191. The Morgan fingerprint density at radius 1 is 1.38 bits per heavy atom. The lowest BCUT2D eigenvalue weighted by atomic mass is 9.73. The first-order chi connectivity index (χ1) is 5.90. The molecule has 0 aromatic heterocycles. The molecular weight excluding hydrogens is 164 g/mol. The Morgan fingerprint density at radius 2 is 1.92 bits per heavy atom. The van der Waals surface area contributed by atoms with Gasteiger partial charge in [-0.3, -0.25) is 4.79 Å². The van der Waals surface area contributed by atoms with Gasteiger partial charge >= 0.3 is 0 Å². The highest BCUT2D eigenvalue weighted by atomic mass is 16.5. The van der Waals surface area contributed by atoms with Crippen LogP contribution in [0.15, 0.2) is 0 Å². The average Bonchev–Trinajstić information content (AvgIpc) is 1.94. The van der Waals surface area contributed by atoms with Gasteiger partial charge in [-0.15, -0.1) is 0 Å². The SMILES string of the molecule is COC1(CC(=O)C(C)(C)C)CCC1. The zero-order valence-corrected chi connectivity index (χ0v) is 9.14. The van der Waals surface area contributed by atoms with Crippen LogP contribution in [-0.2, 0) is 9.53 Å². The molecule has 1 aliphatic rings. The molecule has 76 valence electrons. The van der Waals surface area contributed by atoms with Crippen LogP contribution in [0.1, 0.15) is 46.5 Å². The van der Waals surface area contributed by atoms with E-state index in [0.29, 0.717) is 12.2 Å². The van der Waals surface area contributed by atoms with Crippen LogP contribution in [0.4, 0.5) is 0 Å². The summed E-state index contributed by atoms with van der Waals surface area (Å²) < 4.78 is 5.42. The minimum atomic E-state index is -0.221. The van der Waals surface area contributed by atoms with Crippen molar-refractivity contribution in [1.82, 2.24) is 0 Å². The van der Waals surface area contributed by atoms with Crippen LogP contribution >= 0.6 is 0 Å². The third-order valence-corrected chi connectivity index (χ3v) is 3.02. The maximum absolute atomic E-state index is 11.8. The van der Waals surface area contributed by atoms with Gasteiger partial charge in [0.1, 0.15) is 5.78 Å². The zero-order chi connectivity index (χ0) is 10.1. The van der Waals surface area contributed by atoms with Crippen molar-refractivity contribution in [3.63, 3.8) is 0 Å². The summed E-state index contributed by atoms with van der Waals surface area (Å²) in [5, 5.41) is 0. The van der Waals surface area contributed by atoms with Gasteiger partial charge in [0.15, 0.2) is 0 Å². The summed E-state index contributed by atoms with van der Waals surface area (Å²) in [5.41, 5.74) is -0.328. The van der Waals surface area contributed by atoms with Gasteiger partial charge in [0.25, 0.3) is 0 Å². The van der Waals surface area contributed by atoms with E-state index in [9.17, 15) is 4.79 Å². The summed E-state index contributed by atoms with van der Waals surface area (Å²) in [7, 11) is 1.72. The van der Waals surface area contributed by atoms with Crippen molar-refractivity contribution in [2.45, 2.75) is 52.1 Å². The van der Waals surface area contributed by atoms with E-state index in [0.717, 1.165) is 12.8 Å². The Hall–Kier alpha value is -0.370. The summed E-state index contributed by atoms with van der Waals surface area (Å²) in [4.78, 5) is 11.8. The molecule has 1 rings (SSSR count). The smallest absolute Gasteiger partial charge is 0.141 e. The van der Waals surface area contributed by atoms with Crippen molar-refractivity contribution in [1.29, 1.82) is 0 Å². The number of hydrogen-bond donors (Lipinski definition) is 0. The molecule has 0 N–H and O–H groups in total. The number of carbonyl (C=O) groups is 1. The third kappa shape index (κ3) is 2.31. The molecule has 0 unspecified atom stereocenters. The van der Waals surface area contributed by atoms with E-state index in [4.69, 9.17) is 4.74 Å². The summed E-state index contributed by atoms with van der Waals surface area (Å²) in [5.74, 6) is 0.314. The fraction of sp³-hybridized carbons (Fsp3) is 0.909. The number of hydrogen-bond acceptors (Lipinski definition) is 2. The molecule has 1 aliphatic carbocycles. The van der Waals surface area contributed by atoms with E-state index >= 15 is 0 Å². The quantitative estimate of drug-likeness (QED) is 0.673. The van der Waals surface area contributed by atoms with Gasteiger partial charge in [0, 0.05) is 18.9 Å². The average molecular weight is 184 g/mol. The molecule has 0 aromatic rings. The van der Waals surface area contributed by atoms with Crippen LogP contribution in [0.2, 0.25) is 0 Å². The van der Waals surface area contributed by atoms with Crippen LogP contribution < -0.4 is 0 Å². The second kappa shape index (κ2) is 3.41. The first-order valence-electron chi connectivity index (χ1n) is 4.98. The van der Waals surface area contributed by atoms with Gasteiger partial charge < -0.3 is 4.74 Å². The molecule has 0 aliphatic heterocycles. The number of rotatable bonds is 3. The van der Waals surface area contributed by atoms with E-state index in [1.54, 1.807) is 7.11 Å². The largest absolute Gasteiger partial charge is 0.378 e. The lowest BCUT2D eigenvalue weighted by Gasteiger charge is -2.41. The molecular formula is C11H20O2. The molecule has 0 radical (unpaired) electrons. The lowest BCUT2D eigenvalue weighted by molar-refractivity contribution is -0.139. The van der Waals surface area contributed by atoms with Gasteiger partial charge in [0.2, 0.25) is 0 Å². The fourth-order valence-electron chi connectivity index (χ4n) is 1.58. The number of ether oxygens (including phenoxy) is 1. The monoisotopic (exact) mass is 184 g/mol. The van der Waals surface area contributed by atoms with Crippen molar-refractivity contribution in [3.05, 3.63) is 0 Å². The number of methoxy groups -OCH3 is 1. The molecule has 1 saturated carbocycles. The van der Waals surface area contributed by atoms with Crippen molar-refractivity contribution >= 4 is 5.78 Å². The van der Waals surface area contributed by atoms with Crippen LogP contribution in [0.3, 0.4) is 0 Å². The topological polar surface area (TPSA) is 26.3 Å². The Kier molecular flexibility index (Phi) is 2.81. The van der Waals surface area contributed by atoms with Crippen LogP contribution in [0, 0.1) is 5.41 Å². The molecule has 2 nitrogen and oxygen atoms in total. The standard InChI is InChI=1S/C11H20O2/c1-10(2,3)9(12)8-11(13-4)6-5-7-11/h5-8H2,1-4H3. The Balaban J connectivity index is 2.52. The number of carbonyl (C=O) groups excluding carboxylic acids is 1. The van der Waals surface area contributed by atoms with Crippen molar-refractivity contribution in [2.75, 3.05) is 7.11 Å². The summed E-state index contributed by atoms with van der Waals surface area (Å²) in [6.45, 7) is 5.91. The molecule has 0 bridgehead atoms. The molecule has 0 atom stereocenters. The lowest BCUT2D eigenvalue weighted by Crippen LogP contribution is -2.43. The van der Waals surface area contributed by atoms with Gasteiger partial charge in [-0.2, -0.15) is 0 Å². The number of ketones is 1. The predicted octanol–water partition coefficient (Wildman–Crippen LogP) is 2.56. The van der Waals surface area contributed by atoms with Crippen molar-refractivity contribution < 1.29 is 9.53 Å². The highest BCUT2D eigenvalue weighted by Gasteiger charge is 2.41. The summed E-state index contributed by atoms with van der Waals surface area (Å²) >= 11 is 0. The zero-order valence-electron chi connectivity index (χ0n) is 9.14. The molecule has 0 saturated heterocycles.